The molecular formula is C25H54NO3P+2. The van der Waals surface area contributed by atoms with Gasteiger partial charge in [-0.3, -0.25) is 0 Å². The zero-order chi connectivity index (χ0) is 22.7. The topological polar surface area (TPSA) is 46.5 Å². The van der Waals surface area contributed by atoms with E-state index in [9.17, 15) is 9.67 Å². The molecule has 0 aromatic carbocycles. The summed E-state index contributed by atoms with van der Waals surface area (Å²) in [6.07, 6.45) is 19.0. The van der Waals surface area contributed by atoms with E-state index in [1.54, 1.807) is 0 Å². The molecule has 0 aliphatic heterocycles. The summed E-state index contributed by atoms with van der Waals surface area (Å²) in [4.78, 5) is 0. The van der Waals surface area contributed by atoms with Crippen molar-refractivity contribution in [1.29, 1.82) is 0 Å². The van der Waals surface area contributed by atoms with E-state index in [4.69, 9.17) is 4.74 Å². The highest BCUT2D eigenvalue weighted by Gasteiger charge is 2.33. The lowest BCUT2D eigenvalue weighted by atomic mass is 10.0. The first-order valence-electron chi connectivity index (χ1n) is 12.8. The molecule has 1 N–H and O–H groups in total. The Morgan fingerprint density at radius 3 is 1.67 bits per heavy atom. The van der Waals surface area contributed by atoms with E-state index in [2.05, 4.69) is 28.1 Å². The molecule has 5 heteroatoms. The lowest BCUT2D eigenvalue weighted by molar-refractivity contribution is -0.867. The summed E-state index contributed by atoms with van der Waals surface area (Å²) < 4.78 is 18.8. The molecule has 30 heavy (non-hydrogen) atoms. The molecule has 0 aliphatic carbocycles. The normalized spacial score (nSPS) is 14.7. The number of ether oxygens (including phenoxy) is 1. The van der Waals surface area contributed by atoms with Gasteiger partial charge in [0.25, 0.3) is 0 Å². The van der Waals surface area contributed by atoms with Crippen molar-refractivity contribution in [3.8, 4) is 0 Å². The van der Waals surface area contributed by atoms with Crippen LogP contribution in [0.5, 0.6) is 0 Å². The van der Waals surface area contributed by atoms with Crippen LogP contribution in [-0.2, 0) is 9.30 Å². The van der Waals surface area contributed by atoms with Crippen LogP contribution >= 0.6 is 7.80 Å². The highest BCUT2D eigenvalue weighted by atomic mass is 31.1. The Hall–Kier alpha value is -0.0200. The molecule has 0 aromatic rings. The van der Waals surface area contributed by atoms with Crippen LogP contribution in [0.3, 0.4) is 0 Å². The SMILES string of the molecule is CCCCCCCCCCCCCCCCOC[C@@H](O)[C@@H](C)[P+](=O)CC[N+](C)(C)C. The van der Waals surface area contributed by atoms with Gasteiger partial charge in [-0.15, -0.1) is 0 Å². The first-order valence-corrected chi connectivity index (χ1v) is 14.3. The molecule has 0 saturated heterocycles. The molecule has 0 aliphatic rings. The standard InChI is InChI=1S/C25H54NO3P/c1-6-7-8-9-10-11-12-13-14-15-16-17-18-19-21-29-23-25(27)24(2)30(28)22-20-26(3,4)5/h24-25,27H,6-23H2,1-5H3/q+2/t24-,25-/m1/s1. The number of hydrogen-bond donors (Lipinski definition) is 1. The maximum Gasteiger partial charge on any atom is 0.350 e. The number of quaternary nitrogens is 1. The number of rotatable bonds is 22. The molecule has 0 radical (unpaired) electrons. The predicted molar refractivity (Wildman–Crippen MR) is 132 cm³/mol. The van der Waals surface area contributed by atoms with Gasteiger partial charge in [0.1, 0.15) is 12.6 Å². The lowest BCUT2D eigenvalue weighted by Gasteiger charge is -2.21. The van der Waals surface area contributed by atoms with Gasteiger partial charge in [-0.2, -0.15) is 0 Å². The van der Waals surface area contributed by atoms with Crippen molar-refractivity contribution in [3.05, 3.63) is 0 Å². The van der Waals surface area contributed by atoms with Gasteiger partial charge in [0.15, 0.2) is 11.8 Å². The van der Waals surface area contributed by atoms with E-state index in [0.29, 0.717) is 19.4 Å². The number of unbranched alkanes of at least 4 members (excludes halogenated alkanes) is 13. The molecule has 0 aromatic heterocycles. The van der Waals surface area contributed by atoms with Crippen molar-refractivity contribution in [2.24, 2.45) is 0 Å². The van der Waals surface area contributed by atoms with E-state index in [1.165, 1.54) is 83.5 Å². The Bertz CT molecular complexity index is 398. The molecule has 0 rings (SSSR count). The zero-order valence-electron chi connectivity index (χ0n) is 21.0. The van der Waals surface area contributed by atoms with E-state index in [1.807, 2.05) is 6.92 Å². The summed E-state index contributed by atoms with van der Waals surface area (Å²) in [6, 6.07) is 0. The molecule has 0 bridgehead atoms. The smallest absolute Gasteiger partial charge is 0.350 e. The van der Waals surface area contributed by atoms with Crippen LogP contribution in [0, 0.1) is 0 Å². The van der Waals surface area contributed by atoms with Crippen LogP contribution in [0.2, 0.25) is 0 Å². The number of hydrogen-bond acceptors (Lipinski definition) is 3. The minimum absolute atomic E-state index is 0.192. The Balaban J connectivity index is 3.41. The Morgan fingerprint density at radius 1 is 0.800 bits per heavy atom. The number of nitrogens with zero attached hydrogens (tertiary/aromatic N) is 1. The molecule has 0 saturated carbocycles. The van der Waals surface area contributed by atoms with Crippen molar-refractivity contribution in [3.63, 3.8) is 0 Å². The van der Waals surface area contributed by atoms with Crippen LogP contribution < -0.4 is 0 Å². The monoisotopic (exact) mass is 447 g/mol. The maximum absolute atomic E-state index is 12.3. The van der Waals surface area contributed by atoms with E-state index in [-0.39, 0.29) is 5.66 Å². The molecule has 0 spiro atoms. The molecule has 180 valence electrons. The van der Waals surface area contributed by atoms with Gasteiger partial charge in [-0.25, -0.2) is 0 Å². The van der Waals surface area contributed by atoms with Gasteiger partial charge in [-0.05, 0) is 13.3 Å². The second kappa shape index (κ2) is 19.6. The van der Waals surface area contributed by atoms with E-state index < -0.39 is 13.9 Å². The molecule has 1 unspecified atom stereocenters. The molecule has 0 fully saturated rings. The molecule has 4 nitrogen and oxygen atoms in total. The maximum atomic E-state index is 12.3. The fraction of sp³-hybridized carbons (Fsp3) is 1.00. The highest BCUT2D eigenvalue weighted by molar-refractivity contribution is 7.45. The second-order valence-corrected chi connectivity index (χ2v) is 12.2. The summed E-state index contributed by atoms with van der Waals surface area (Å²) in [6.45, 7) is 6.04. The predicted octanol–water partition coefficient (Wildman–Crippen LogP) is 6.77. The first kappa shape index (κ1) is 30.0. The van der Waals surface area contributed by atoms with Crippen LogP contribution in [0.4, 0.5) is 0 Å². The summed E-state index contributed by atoms with van der Waals surface area (Å²) in [7, 11) is 4.92. The molecule has 3 atom stereocenters. The summed E-state index contributed by atoms with van der Waals surface area (Å²) in [5, 5.41) is 10.2. The molecule has 0 heterocycles. The van der Waals surface area contributed by atoms with Crippen LogP contribution in [-0.4, -0.2) is 68.4 Å². The highest BCUT2D eigenvalue weighted by Crippen LogP contribution is 2.30. The second-order valence-electron chi connectivity index (χ2n) is 10.1. The van der Waals surface area contributed by atoms with Gasteiger partial charge in [0.05, 0.1) is 27.7 Å². The average molecular weight is 448 g/mol. The summed E-state index contributed by atoms with van der Waals surface area (Å²) in [5.74, 6) is 0. The van der Waals surface area contributed by atoms with Crippen molar-refractivity contribution >= 4 is 7.80 Å². The largest absolute Gasteiger partial charge is 0.386 e. The average Bonchev–Trinajstić information content (AvgIpc) is 2.70. The fourth-order valence-electron chi connectivity index (χ4n) is 3.54. The van der Waals surface area contributed by atoms with Gasteiger partial charge >= 0.3 is 7.80 Å². The van der Waals surface area contributed by atoms with Gasteiger partial charge in [-0.1, -0.05) is 95.0 Å². The van der Waals surface area contributed by atoms with Crippen molar-refractivity contribution in [2.45, 2.75) is 116 Å². The number of aliphatic hydroxyl groups is 1. The van der Waals surface area contributed by atoms with Crippen LogP contribution in [0.25, 0.3) is 0 Å². The first-order chi connectivity index (χ1) is 14.3. The Kier molecular flexibility index (Phi) is 19.6. The third kappa shape index (κ3) is 19.9. The lowest BCUT2D eigenvalue weighted by Crippen LogP contribution is -2.37. The van der Waals surface area contributed by atoms with Crippen molar-refractivity contribution < 1.29 is 18.9 Å². The van der Waals surface area contributed by atoms with Crippen LogP contribution in [0.1, 0.15) is 104 Å². The van der Waals surface area contributed by atoms with Crippen LogP contribution in [0.15, 0.2) is 0 Å². The minimum Gasteiger partial charge on any atom is -0.386 e. The third-order valence-corrected chi connectivity index (χ3v) is 7.83. The van der Waals surface area contributed by atoms with Crippen molar-refractivity contribution in [1.82, 2.24) is 0 Å². The quantitative estimate of drug-likeness (QED) is 0.113. The van der Waals surface area contributed by atoms with Gasteiger partial charge < -0.3 is 14.3 Å². The summed E-state index contributed by atoms with van der Waals surface area (Å²) >= 11 is 0. The number of aliphatic hydroxyl groups excluding tert-OH is 1. The molecule has 0 amide bonds. The van der Waals surface area contributed by atoms with E-state index >= 15 is 0 Å². The van der Waals surface area contributed by atoms with Crippen molar-refractivity contribution in [2.75, 3.05) is 47.1 Å². The third-order valence-electron chi connectivity index (χ3n) is 5.93. The molecular weight excluding hydrogens is 393 g/mol. The Morgan fingerprint density at radius 2 is 1.23 bits per heavy atom. The Labute approximate surface area is 189 Å². The fourth-order valence-corrected chi connectivity index (χ4v) is 5.21. The summed E-state index contributed by atoms with van der Waals surface area (Å²) in [5.41, 5.74) is -0.192. The van der Waals surface area contributed by atoms with Gasteiger partial charge in [0.2, 0.25) is 0 Å². The van der Waals surface area contributed by atoms with E-state index in [0.717, 1.165) is 17.4 Å². The van der Waals surface area contributed by atoms with Gasteiger partial charge in [0, 0.05) is 6.61 Å². The minimum atomic E-state index is -1.39. The zero-order valence-corrected chi connectivity index (χ0v) is 21.9.